The fraction of sp³-hybridized carbons (Fsp3) is 0.529. The van der Waals surface area contributed by atoms with Gasteiger partial charge in [0.2, 0.25) is 0 Å². The highest BCUT2D eigenvalue weighted by molar-refractivity contribution is 5.19. The molecule has 1 heteroatoms. The molecule has 1 rings (SSSR count). The maximum absolute atomic E-state index is 3.79. The normalized spacial score (nSPS) is 14.4. The quantitative estimate of drug-likeness (QED) is 0.654. The minimum Gasteiger partial charge on any atom is -0.307 e. The standard InChI is InChI=1S/C17H27N/c1-5-6-10-15(4)18-17(13-14(2)3)16-11-8-7-9-12-16/h5,7-9,11-12,14-15,17-18H,1,6,10,13H2,2-4H3. The Labute approximate surface area is 112 Å². The number of hydrogen-bond acceptors (Lipinski definition) is 1. The Morgan fingerprint density at radius 1 is 1.17 bits per heavy atom. The van der Waals surface area contributed by atoms with Gasteiger partial charge in [-0.05, 0) is 37.7 Å². The van der Waals surface area contributed by atoms with Crippen molar-refractivity contribution in [3.05, 3.63) is 48.6 Å². The van der Waals surface area contributed by atoms with Gasteiger partial charge in [-0.3, -0.25) is 0 Å². The zero-order valence-electron chi connectivity index (χ0n) is 12.0. The Morgan fingerprint density at radius 3 is 2.39 bits per heavy atom. The molecule has 0 spiro atoms. The topological polar surface area (TPSA) is 12.0 Å². The van der Waals surface area contributed by atoms with E-state index in [-0.39, 0.29) is 0 Å². The van der Waals surface area contributed by atoms with Crippen molar-refractivity contribution >= 4 is 0 Å². The summed E-state index contributed by atoms with van der Waals surface area (Å²) in [5.74, 6) is 0.703. The van der Waals surface area contributed by atoms with E-state index in [4.69, 9.17) is 0 Å². The van der Waals surface area contributed by atoms with Crippen LogP contribution in [-0.4, -0.2) is 6.04 Å². The van der Waals surface area contributed by atoms with Crippen molar-refractivity contribution in [1.82, 2.24) is 5.32 Å². The number of benzene rings is 1. The molecule has 2 unspecified atom stereocenters. The van der Waals surface area contributed by atoms with E-state index < -0.39 is 0 Å². The highest BCUT2D eigenvalue weighted by atomic mass is 14.9. The van der Waals surface area contributed by atoms with E-state index in [1.807, 2.05) is 6.08 Å². The summed E-state index contributed by atoms with van der Waals surface area (Å²) in [5.41, 5.74) is 1.40. The zero-order chi connectivity index (χ0) is 13.4. The highest BCUT2D eigenvalue weighted by Gasteiger charge is 2.15. The van der Waals surface area contributed by atoms with E-state index in [1.165, 1.54) is 12.0 Å². The van der Waals surface area contributed by atoms with Crippen LogP contribution in [0.4, 0.5) is 0 Å². The van der Waals surface area contributed by atoms with Gasteiger partial charge in [0.1, 0.15) is 0 Å². The van der Waals surface area contributed by atoms with E-state index in [2.05, 4.69) is 63.0 Å². The Kier molecular flexibility index (Phi) is 6.74. The zero-order valence-corrected chi connectivity index (χ0v) is 12.0. The SMILES string of the molecule is C=CCCC(C)NC(CC(C)C)c1ccccc1. The van der Waals surface area contributed by atoms with Crippen LogP contribution in [-0.2, 0) is 0 Å². The lowest BCUT2D eigenvalue weighted by Gasteiger charge is -2.25. The largest absolute Gasteiger partial charge is 0.307 e. The Morgan fingerprint density at radius 2 is 1.83 bits per heavy atom. The summed E-state index contributed by atoms with van der Waals surface area (Å²) in [4.78, 5) is 0. The van der Waals surface area contributed by atoms with Gasteiger partial charge in [0.05, 0.1) is 0 Å². The molecular weight excluding hydrogens is 218 g/mol. The molecular formula is C17H27N. The van der Waals surface area contributed by atoms with Crippen LogP contribution in [0.15, 0.2) is 43.0 Å². The first-order valence-corrected chi connectivity index (χ1v) is 7.05. The van der Waals surface area contributed by atoms with Crippen LogP contribution in [0.5, 0.6) is 0 Å². The Balaban J connectivity index is 2.64. The second-order valence-electron chi connectivity index (χ2n) is 5.53. The third-order valence-electron chi connectivity index (χ3n) is 3.20. The van der Waals surface area contributed by atoms with Gasteiger partial charge in [0.15, 0.2) is 0 Å². The van der Waals surface area contributed by atoms with Crippen molar-refractivity contribution in [2.24, 2.45) is 5.92 Å². The lowest BCUT2D eigenvalue weighted by atomic mass is 9.96. The second kappa shape index (κ2) is 8.10. The minimum absolute atomic E-state index is 0.464. The van der Waals surface area contributed by atoms with E-state index in [9.17, 15) is 0 Å². The molecule has 1 nitrogen and oxygen atoms in total. The average molecular weight is 245 g/mol. The fourth-order valence-electron chi connectivity index (χ4n) is 2.25. The number of hydrogen-bond donors (Lipinski definition) is 1. The third kappa shape index (κ3) is 5.50. The maximum atomic E-state index is 3.79. The highest BCUT2D eigenvalue weighted by Crippen LogP contribution is 2.22. The van der Waals surface area contributed by atoms with E-state index >= 15 is 0 Å². The molecule has 1 N–H and O–H groups in total. The molecule has 2 atom stereocenters. The molecule has 0 radical (unpaired) electrons. The molecule has 0 aliphatic rings. The van der Waals surface area contributed by atoms with Crippen LogP contribution in [0, 0.1) is 5.92 Å². The molecule has 0 fully saturated rings. The summed E-state index contributed by atoms with van der Waals surface area (Å²) >= 11 is 0. The van der Waals surface area contributed by atoms with Gasteiger partial charge in [-0.2, -0.15) is 0 Å². The molecule has 0 aromatic heterocycles. The predicted molar refractivity (Wildman–Crippen MR) is 80.7 cm³/mol. The van der Waals surface area contributed by atoms with Crippen molar-refractivity contribution in [3.8, 4) is 0 Å². The molecule has 0 amide bonds. The maximum Gasteiger partial charge on any atom is 0.0324 e. The summed E-state index contributed by atoms with van der Waals surface area (Å²) in [6.45, 7) is 10.6. The van der Waals surface area contributed by atoms with Gasteiger partial charge >= 0.3 is 0 Å². The van der Waals surface area contributed by atoms with Crippen molar-refractivity contribution in [2.75, 3.05) is 0 Å². The Bertz CT molecular complexity index is 329. The molecule has 18 heavy (non-hydrogen) atoms. The Hall–Kier alpha value is -1.08. The van der Waals surface area contributed by atoms with Crippen LogP contribution in [0.1, 0.15) is 51.6 Å². The molecule has 0 saturated carbocycles. The first kappa shape index (κ1) is 15.0. The number of allylic oxidation sites excluding steroid dienone is 1. The van der Waals surface area contributed by atoms with Gasteiger partial charge in [-0.1, -0.05) is 50.3 Å². The van der Waals surface area contributed by atoms with Crippen LogP contribution in [0.2, 0.25) is 0 Å². The minimum atomic E-state index is 0.464. The van der Waals surface area contributed by atoms with Crippen LogP contribution >= 0.6 is 0 Å². The van der Waals surface area contributed by atoms with Gasteiger partial charge < -0.3 is 5.32 Å². The lowest BCUT2D eigenvalue weighted by Crippen LogP contribution is -2.31. The van der Waals surface area contributed by atoms with E-state index in [1.54, 1.807) is 0 Å². The summed E-state index contributed by atoms with van der Waals surface area (Å²) in [7, 11) is 0. The van der Waals surface area contributed by atoms with Crippen molar-refractivity contribution in [1.29, 1.82) is 0 Å². The molecule has 100 valence electrons. The van der Waals surface area contributed by atoms with Crippen molar-refractivity contribution < 1.29 is 0 Å². The lowest BCUT2D eigenvalue weighted by molar-refractivity contribution is 0.380. The summed E-state index contributed by atoms with van der Waals surface area (Å²) in [6, 6.07) is 11.8. The first-order valence-electron chi connectivity index (χ1n) is 7.05. The fourth-order valence-corrected chi connectivity index (χ4v) is 2.25. The van der Waals surface area contributed by atoms with Gasteiger partial charge in [-0.15, -0.1) is 6.58 Å². The molecule has 1 aromatic rings. The second-order valence-corrected chi connectivity index (χ2v) is 5.53. The molecule has 0 bridgehead atoms. The third-order valence-corrected chi connectivity index (χ3v) is 3.20. The van der Waals surface area contributed by atoms with Crippen LogP contribution in [0.3, 0.4) is 0 Å². The average Bonchev–Trinajstić information content (AvgIpc) is 2.36. The van der Waals surface area contributed by atoms with Gasteiger partial charge in [0, 0.05) is 12.1 Å². The van der Waals surface area contributed by atoms with E-state index in [0.29, 0.717) is 18.0 Å². The van der Waals surface area contributed by atoms with E-state index in [0.717, 1.165) is 12.8 Å². The summed E-state index contributed by atoms with van der Waals surface area (Å²) < 4.78 is 0. The molecule has 0 aliphatic heterocycles. The predicted octanol–water partition coefficient (Wildman–Crippen LogP) is 4.72. The van der Waals surface area contributed by atoms with Crippen LogP contribution in [0.25, 0.3) is 0 Å². The molecule has 0 heterocycles. The molecule has 0 aliphatic carbocycles. The monoisotopic (exact) mass is 245 g/mol. The summed E-state index contributed by atoms with van der Waals surface area (Å²) in [6.07, 6.45) is 5.42. The van der Waals surface area contributed by atoms with Crippen molar-refractivity contribution in [3.63, 3.8) is 0 Å². The van der Waals surface area contributed by atoms with Gasteiger partial charge in [-0.25, -0.2) is 0 Å². The number of rotatable bonds is 8. The molecule has 1 aromatic carbocycles. The number of nitrogens with one attached hydrogen (secondary N) is 1. The molecule has 0 saturated heterocycles. The first-order chi connectivity index (χ1) is 8.63. The smallest absolute Gasteiger partial charge is 0.0324 e. The van der Waals surface area contributed by atoms with Crippen molar-refractivity contribution in [2.45, 2.75) is 52.1 Å². The van der Waals surface area contributed by atoms with Crippen LogP contribution < -0.4 is 5.32 Å². The summed E-state index contributed by atoms with van der Waals surface area (Å²) in [5, 5.41) is 3.75. The van der Waals surface area contributed by atoms with Gasteiger partial charge in [0.25, 0.3) is 0 Å².